The lowest BCUT2D eigenvalue weighted by Gasteiger charge is -2.09. The summed E-state index contributed by atoms with van der Waals surface area (Å²) in [7, 11) is 0. The van der Waals surface area contributed by atoms with Crippen molar-refractivity contribution in [3.05, 3.63) is 25.6 Å². The van der Waals surface area contributed by atoms with Gasteiger partial charge in [-0.05, 0) is 70.8 Å². The van der Waals surface area contributed by atoms with Gasteiger partial charge >= 0.3 is 0 Å². The summed E-state index contributed by atoms with van der Waals surface area (Å²) < 4.78 is 2.76. The maximum Gasteiger partial charge on any atom is 0.228 e. The van der Waals surface area contributed by atoms with Gasteiger partial charge in [0.05, 0.1) is 0 Å². The molecule has 5 heteroatoms. The number of hydrogen-bond acceptors (Lipinski definition) is 1. The molecule has 1 fully saturated rings. The second kappa shape index (κ2) is 4.85. The Morgan fingerprint density at radius 1 is 1.05 bits per heavy atom. The van der Waals surface area contributed by atoms with Gasteiger partial charge in [-0.2, -0.15) is 0 Å². The first-order valence-electron chi connectivity index (χ1n) is 6.04. The normalized spacial score (nSPS) is 20.2. The van der Waals surface area contributed by atoms with E-state index in [-0.39, 0.29) is 22.7 Å². The van der Waals surface area contributed by atoms with Gasteiger partial charge in [0.1, 0.15) is 0 Å². The van der Waals surface area contributed by atoms with Crippen molar-refractivity contribution in [3.8, 4) is 0 Å². The Labute approximate surface area is 139 Å². The summed E-state index contributed by atoms with van der Waals surface area (Å²) in [6, 6.07) is 3.80. The topological polar surface area (TPSA) is 29.1 Å². The van der Waals surface area contributed by atoms with Gasteiger partial charge in [-0.1, -0.05) is 27.7 Å². The van der Waals surface area contributed by atoms with Crippen LogP contribution in [0.1, 0.15) is 27.7 Å². The van der Waals surface area contributed by atoms with E-state index in [1.54, 1.807) is 0 Å². The second-order valence-corrected chi connectivity index (χ2v) is 8.62. The lowest BCUT2D eigenvalue weighted by molar-refractivity contribution is -0.118. The second-order valence-electron chi connectivity index (χ2n) is 6.12. The van der Waals surface area contributed by atoms with Crippen LogP contribution in [-0.2, 0) is 4.79 Å². The van der Waals surface area contributed by atoms with E-state index in [1.165, 1.54) is 0 Å². The molecule has 1 aromatic carbocycles. The fourth-order valence-corrected chi connectivity index (χ4v) is 4.11. The average Bonchev–Trinajstić information content (AvgIpc) is 2.65. The van der Waals surface area contributed by atoms with Gasteiger partial charge in [0.2, 0.25) is 5.91 Å². The molecule has 1 aliphatic carbocycles. The van der Waals surface area contributed by atoms with Crippen molar-refractivity contribution in [1.29, 1.82) is 0 Å². The number of rotatable bonds is 2. The lowest BCUT2D eigenvalue weighted by Crippen LogP contribution is -2.17. The zero-order valence-corrected chi connectivity index (χ0v) is 16.0. The maximum absolute atomic E-state index is 12.4. The van der Waals surface area contributed by atoms with E-state index < -0.39 is 0 Å². The Kier molecular flexibility index (Phi) is 3.96. The van der Waals surface area contributed by atoms with Crippen LogP contribution in [0.25, 0.3) is 0 Å². The molecule has 0 unspecified atom stereocenters. The van der Waals surface area contributed by atoms with Gasteiger partial charge < -0.3 is 5.32 Å². The molecule has 1 aromatic rings. The highest BCUT2D eigenvalue weighted by atomic mass is 79.9. The molecule has 0 spiro atoms. The largest absolute Gasteiger partial charge is 0.326 e. The summed E-state index contributed by atoms with van der Waals surface area (Å²) in [6.07, 6.45) is 0. The molecular weight excluding hydrogens is 438 g/mol. The molecule has 0 radical (unpaired) electrons. The molecule has 0 heterocycles. The minimum absolute atomic E-state index is 0.0565. The van der Waals surface area contributed by atoms with Gasteiger partial charge in [-0.3, -0.25) is 4.79 Å². The standard InChI is InChI=1S/C14H16Br3NO/c1-13(2)11(14(13,3)4)12(19)18-7-5-8(15)10(17)9(16)6-7/h5-6,11H,1-4H3,(H,18,19). The fourth-order valence-electron chi connectivity index (χ4n) is 2.69. The molecule has 2 rings (SSSR count). The summed E-state index contributed by atoms with van der Waals surface area (Å²) in [5.41, 5.74) is 0.910. The van der Waals surface area contributed by atoms with Crippen molar-refractivity contribution in [1.82, 2.24) is 0 Å². The van der Waals surface area contributed by atoms with Crippen LogP contribution in [0.5, 0.6) is 0 Å². The molecule has 1 aliphatic rings. The molecule has 1 amide bonds. The van der Waals surface area contributed by atoms with Crippen LogP contribution in [0.4, 0.5) is 5.69 Å². The van der Waals surface area contributed by atoms with E-state index in [0.29, 0.717) is 0 Å². The Morgan fingerprint density at radius 3 is 1.84 bits per heavy atom. The van der Waals surface area contributed by atoms with Gasteiger partial charge in [0, 0.05) is 25.0 Å². The summed E-state index contributed by atoms with van der Waals surface area (Å²) >= 11 is 10.4. The molecular formula is C14H16Br3NO. The number of benzene rings is 1. The van der Waals surface area contributed by atoms with Gasteiger partial charge in [0.25, 0.3) is 0 Å². The average molecular weight is 454 g/mol. The third-order valence-electron chi connectivity index (χ3n) is 4.53. The summed E-state index contributed by atoms with van der Waals surface area (Å²) in [6.45, 7) is 8.57. The molecule has 19 heavy (non-hydrogen) atoms. The monoisotopic (exact) mass is 451 g/mol. The number of nitrogens with one attached hydrogen (secondary N) is 1. The van der Waals surface area contributed by atoms with E-state index in [0.717, 1.165) is 19.1 Å². The first-order chi connectivity index (χ1) is 8.59. The van der Waals surface area contributed by atoms with Crippen LogP contribution in [0.2, 0.25) is 0 Å². The first-order valence-corrected chi connectivity index (χ1v) is 8.42. The first kappa shape index (κ1) is 15.5. The Bertz CT molecular complexity index is 515. The summed E-state index contributed by atoms with van der Waals surface area (Å²) in [5.74, 6) is 0.150. The SMILES string of the molecule is CC1(C)C(C(=O)Nc2cc(Br)c(Br)c(Br)c2)C1(C)C. The van der Waals surface area contributed by atoms with Crippen LogP contribution in [0, 0.1) is 16.7 Å². The zero-order chi connectivity index (χ0) is 14.6. The van der Waals surface area contributed by atoms with Crippen LogP contribution >= 0.6 is 47.8 Å². The number of anilines is 1. The molecule has 2 nitrogen and oxygen atoms in total. The molecule has 0 bridgehead atoms. The molecule has 0 aliphatic heterocycles. The van der Waals surface area contributed by atoms with E-state index in [9.17, 15) is 4.79 Å². The van der Waals surface area contributed by atoms with Crippen molar-refractivity contribution in [3.63, 3.8) is 0 Å². The molecule has 104 valence electrons. The molecule has 0 atom stereocenters. The molecule has 1 saturated carbocycles. The fraction of sp³-hybridized carbons (Fsp3) is 0.500. The highest BCUT2D eigenvalue weighted by Crippen LogP contribution is 2.68. The van der Waals surface area contributed by atoms with Crippen LogP contribution < -0.4 is 5.32 Å². The smallest absolute Gasteiger partial charge is 0.228 e. The highest BCUT2D eigenvalue weighted by molar-refractivity contribution is 9.14. The van der Waals surface area contributed by atoms with E-state index in [4.69, 9.17) is 0 Å². The summed E-state index contributed by atoms with van der Waals surface area (Å²) in [5, 5.41) is 3.00. The minimum Gasteiger partial charge on any atom is -0.326 e. The Morgan fingerprint density at radius 2 is 1.47 bits per heavy atom. The maximum atomic E-state index is 12.4. The van der Waals surface area contributed by atoms with E-state index in [2.05, 4.69) is 80.8 Å². The molecule has 0 saturated heterocycles. The zero-order valence-electron chi connectivity index (χ0n) is 11.3. The molecule has 1 N–H and O–H groups in total. The Hall–Kier alpha value is 0.130. The van der Waals surface area contributed by atoms with Crippen molar-refractivity contribution in [2.75, 3.05) is 5.32 Å². The van der Waals surface area contributed by atoms with E-state index >= 15 is 0 Å². The third-order valence-corrected chi connectivity index (χ3v) is 7.70. The van der Waals surface area contributed by atoms with Crippen molar-refractivity contribution < 1.29 is 4.79 Å². The Balaban J connectivity index is 2.18. The van der Waals surface area contributed by atoms with Crippen LogP contribution in [0.3, 0.4) is 0 Å². The number of amides is 1. The van der Waals surface area contributed by atoms with Crippen LogP contribution in [-0.4, -0.2) is 5.91 Å². The minimum atomic E-state index is 0.0565. The number of halogens is 3. The lowest BCUT2D eigenvalue weighted by atomic mass is 10.0. The van der Waals surface area contributed by atoms with Gasteiger partial charge in [-0.15, -0.1) is 0 Å². The van der Waals surface area contributed by atoms with Crippen molar-refractivity contribution >= 4 is 59.4 Å². The van der Waals surface area contributed by atoms with Crippen molar-refractivity contribution in [2.24, 2.45) is 16.7 Å². The van der Waals surface area contributed by atoms with Crippen LogP contribution in [0.15, 0.2) is 25.6 Å². The molecule has 0 aromatic heterocycles. The number of hydrogen-bond donors (Lipinski definition) is 1. The number of carbonyl (C=O) groups excluding carboxylic acids is 1. The van der Waals surface area contributed by atoms with Gasteiger partial charge in [-0.25, -0.2) is 0 Å². The predicted octanol–water partition coefficient (Wildman–Crippen LogP) is 5.59. The number of carbonyl (C=O) groups is 1. The van der Waals surface area contributed by atoms with E-state index in [1.807, 2.05) is 12.1 Å². The van der Waals surface area contributed by atoms with Crippen molar-refractivity contribution in [2.45, 2.75) is 27.7 Å². The highest BCUT2D eigenvalue weighted by Gasteiger charge is 2.68. The van der Waals surface area contributed by atoms with Gasteiger partial charge in [0.15, 0.2) is 0 Å². The summed E-state index contributed by atoms with van der Waals surface area (Å²) in [4.78, 5) is 12.4. The predicted molar refractivity (Wildman–Crippen MR) is 89.2 cm³/mol. The third kappa shape index (κ3) is 2.54. The quantitative estimate of drug-likeness (QED) is 0.580.